The first-order chi connectivity index (χ1) is 8.49. The Morgan fingerprint density at radius 2 is 1.89 bits per heavy atom. The maximum absolute atomic E-state index is 11.9. The van der Waals surface area contributed by atoms with Crippen molar-refractivity contribution in [2.24, 2.45) is 17.8 Å². The topological polar surface area (TPSA) is 68.3 Å². The molecule has 0 N–H and O–H groups in total. The minimum absolute atomic E-state index is 0.0370. The van der Waals surface area contributed by atoms with Gasteiger partial charge >= 0.3 is 0 Å². The molecule has 0 saturated heterocycles. The van der Waals surface area contributed by atoms with Gasteiger partial charge < -0.3 is 4.79 Å². The van der Waals surface area contributed by atoms with Gasteiger partial charge in [0.05, 0.1) is 0 Å². The third kappa shape index (κ3) is 4.90. The van der Waals surface area contributed by atoms with Crippen LogP contribution in [0.15, 0.2) is 0 Å². The molecule has 0 bridgehead atoms. The van der Waals surface area contributed by atoms with Gasteiger partial charge in [0, 0.05) is 24.7 Å². The molecule has 0 rings (SSSR count). The standard InChI is InChI=1S/C14H21O4/c1-4-6-12(10(2)9-16)11(3)14(18)13(17)7-5-8-15/h8,10-12H,4-7H2,1-3H3. The predicted molar refractivity (Wildman–Crippen MR) is 67.7 cm³/mol. The zero-order valence-corrected chi connectivity index (χ0v) is 11.3. The number of ketones is 2. The lowest BCUT2D eigenvalue weighted by Crippen LogP contribution is -2.31. The van der Waals surface area contributed by atoms with Crippen molar-refractivity contribution in [2.45, 2.75) is 46.5 Å². The van der Waals surface area contributed by atoms with Crippen LogP contribution in [0, 0.1) is 17.8 Å². The van der Waals surface area contributed by atoms with E-state index in [0.29, 0.717) is 12.7 Å². The number of carbonyl (C=O) groups excluding carboxylic acids is 4. The molecule has 0 spiro atoms. The number of hydrogen-bond donors (Lipinski definition) is 0. The fraction of sp³-hybridized carbons (Fsp3) is 0.714. The van der Waals surface area contributed by atoms with Gasteiger partial charge in [-0.05, 0) is 12.3 Å². The summed E-state index contributed by atoms with van der Waals surface area (Å²) in [5.74, 6) is -1.99. The molecule has 0 aliphatic heterocycles. The highest BCUT2D eigenvalue weighted by Gasteiger charge is 2.31. The molecular formula is C14H21O4. The van der Waals surface area contributed by atoms with Crippen LogP contribution in [-0.4, -0.2) is 24.1 Å². The second-order valence-electron chi connectivity index (χ2n) is 4.64. The Morgan fingerprint density at radius 3 is 2.33 bits per heavy atom. The average Bonchev–Trinajstić information content (AvgIpc) is 2.39. The van der Waals surface area contributed by atoms with Gasteiger partial charge in [0.1, 0.15) is 6.29 Å². The summed E-state index contributed by atoms with van der Waals surface area (Å²) in [5.41, 5.74) is 0. The molecule has 0 aromatic rings. The molecular weight excluding hydrogens is 232 g/mol. The SMILES string of the molecule is CCCC(C(C)[C]=O)C(C)C(=O)C(=O)CCC=O. The third-order valence-electron chi connectivity index (χ3n) is 3.27. The predicted octanol–water partition coefficient (Wildman–Crippen LogP) is 1.90. The zero-order chi connectivity index (χ0) is 14.1. The second kappa shape index (κ2) is 8.72. The highest BCUT2D eigenvalue weighted by atomic mass is 16.2. The maximum atomic E-state index is 11.9. The van der Waals surface area contributed by atoms with Crippen molar-refractivity contribution in [3.8, 4) is 0 Å². The molecule has 0 aromatic heterocycles. The molecule has 0 aliphatic rings. The van der Waals surface area contributed by atoms with Gasteiger partial charge in [0.2, 0.25) is 12.1 Å². The molecule has 4 nitrogen and oxygen atoms in total. The summed E-state index contributed by atoms with van der Waals surface area (Å²) < 4.78 is 0. The van der Waals surface area contributed by atoms with Crippen LogP contribution in [-0.2, 0) is 19.2 Å². The second-order valence-corrected chi connectivity index (χ2v) is 4.64. The van der Waals surface area contributed by atoms with Crippen molar-refractivity contribution in [1.29, 1.82) is 0 Å². The highest BCUT2D eigenvalue weighted by Crippen LogP contribution is 2.26. The van der Waals surface area contributed by atoms with Crippen LogP contribution in [0.3, 0.4) is 0 Å². The van der Waals surface area contributed by atoms with Crippen LogP contribution in [0.2, 0.25) is 0 Å². The summed E-state index contributed by atoms with van der Waals surface area (Å²) in [5, 5.41) is 0. The summed E-state index contributed by atoms with van der Waals surface area (Å²) in [4.78, 5) is 44.3. The first-order valence-electron chi connectivity index (χ1n) is 6.37. The van der Waals surface area contributed by atoms with Crippen molar-refractivity contribution in [3.05, 3.63) is 0 Å². The Labute approximate surface area is 108 Å². The van der Waals surface area contributed by atoms with E-state index < -0.39 is 17.5 Å². The van der Waals surface area contributed by atoms with E-state index in [9.17, 15) is 19.2 Å². The number of rotatable bonds is 10. The summed E-state index contributed by atoms with van der Waals surface area (Å²) in [6, 6.07) is 0. The maximum Gasteiger partial charge on any atom is 0.201 e. The number of hydrogen-bond acceptors (Lipinski definition) is 4. The smallest absolute Gasteiger partial charge is 0.201 e. The van der Waals surface area contributed by atoms with Crippen LogP contribution in [0.1, 0.15) is 46.5 Å². The lowest BCUT2D eigenvalue weighted by atomic mass is 9.78. The monoisotopic (exact) mass is 253 g/mol. The van der Waals surface area contributed by atoms with E-state index >= 15 is 0 Å². The van der Waals surface area contributed by atoms with Crippen molar-refractivity contribution >= 4 is 24.1 Å². The first-order valence-corrected chi connectivity index (χ1v) is 6.37. The Kier molecular flexibility index (Phi) is 8.08. The van der Waals surface area contributed by atoms with Crippen LogP contribution < -0.4 is 0 Å². The Hall–Kier alpha value is -1.32. The Bertz CT molecular complexity index is 309. The van der Waals surface area contributed by atoms with Crippen molar-refractivity contribution < 1.29 is 19.2 Å². The van der Waals surface area contributed by atoms with Crippen molar-refractivity contribution in [1.82, 2.24) is 0 Å². The van der Waals surface area contributed by atoms with E-state index in [-0.39, 0.29) is 24.7 Å². The molecule has 0 aliphatic carbocycles. The number of carbonyl (C=O) groups is 3. The lowest BCUT2D eigenvalue weighted by molar-refractivity contribution is -0.140. The quantitative estimate of drug-likeness (QED) is 0.440. The molecule has 18 heavy (non-hydrogen) atoms. The molecule has 0 aromatic carbocycles. The van der Waals surface area contributed by atoms with E-state index in [4.69, 9.17) is 0 Å². The minimum atomic E-state index is -0.520. The molecule has 101 valence electrons. The molecule has 0 amide bonds. The summed E-state index contributed by atoms with van der Waals surface area (Å²) in [7, 11) is 0. The minimum Gasteiger partial charge on any atom is -0.303 e. The molecule has 3 unspecified atom stereocenters. The number of Topliss-reactive ketones (excluding diaryl/α,β-unsaturated/α-hetero) is 2. The molecule has 3 atom stereocenters. The third-order valence-corrected chi connectivity index (χ3v) is 3.27. The largest absolute Gasteiger partial charge is 0.303 e. The normalized spacial score (nSPS) is 15.5. The zero-order valence-electron chi connectivity index (χ0n) is 11.3. The van der Waals surface area contributed by atoms with E-state index in [1.165, 1.54) is 0 Å². The van der Waals surface area contributed by atoms with E-state index in [0.717, 1.165) is 6.42 Å². The van der Waals surface area contributed by atoms with Gasteiger partial charge in [0.15, 0.2) is 5.78 Å². The molecule has 1 radical (unpaired) electrons. The van der Waals surface area contributed by atoms with Gasteiger partial charge in [-0.1, -0.05) is 27.2 Å². The summed E-state index contributed by atoms with van der Waals surface area (Å²) in [6.45, 7) is 5.36. The van der Waals surface area contributed by atoms with E-state index in [1.807, 2.05) is 13.2 Å². The van der Waals surface area contributed by atoms with Gasteiger partial charge in [-0.2, -0.15) is 0 Å². The molecule has 0 fully saturated rings. The summed E-state index contributed by atoms with van der Waals surface area (Å²) >= 11 is 0. The van der Waals surface area contributed by atoms with Crippen LogP contribution in [0.25, 0.3) is 0 Å². The highest BCUT2D eigenvalue weighted by molar-refractivity contribution is 6.38. The van der Waals surface area contributed by atoms with Crippen LogP contribution in [0.4, 0.5) is 0 Å². The van der Waals surface area contributed by atoms with E-state index in [1.54, 1.807) is 13.8 Å². The Balaban J connectivity index is 4.69. The van der Waals surface area contributed by atoms with Gasteiger partial charge in [-0.15, -0.1) is 0 Å². The van der Waals surface area contributed by atoms with Gasteiger partial charge in [0.25, 0.3) is 0 Å². The van der Waals surface area contributed by atoms with Gasteiger partial charge in [-0.3, -0.25) is 14.4 Å². The fourth-order valence-electron chi connectivity index (χ4n) is 2.12. The Morgan fingerprint density at radius 1 is 1.28 bits per heavy atom. The summed E-state index contributed by atoms with van der Waals surface area (Å²) in [6.07, 6.45) is 4.12. The van der Waals surface area contributed by atoms with E-state index in [2.05, 4.69) is 0 Å². The van der Waals surface area contributed by atoms with Crippen molar-refractivity contribution in [2.75, 3.05) is 0 Å². The van der Waals surface area contributed by atoms with Gasteiger partial charge in [-0.25, -0.2) is 0 Å². The van der Waals surface area contributed by atoms with Crippen molar-refractivity contribution in [3.63, 3.8) is 0 Å². The van der Waals surface area contributed by atoms with Crippen LogP contribution >= 0.6 is 0 Å². The lowest BCUT2D eigenvalue weighted by Gasteiger charge is -2.24. The molecule has 4 heteroatoms. The molecule has 0 heterocycles. The fourth-order valence-corrected chi connectivity index (χ4v) is 2.12. The average molecular weight is 253 g/mol. The first kappa shape index (κ1) is 16.7. The molecule has 0 saturated carbocycles. The van der Waals surface area contributed by atoms with Crippen LogP contribution in [0.5, 0.6) is 0 Å². The number of aldehydes is 1.